The van der Waals surface area contributed by atoms with E-state index in [0.29, 0.717) is 0 Å². The van der Waals surface area contributed by atoms with Crippen LogP contribution in [0.5, 0.6) is 0 Å². The second kappa shape index (κ2) is 7.00. The summed E-state index contributed by atoms with van der Waals surface area (Å²) in [6.45, 7) is 7.74. The minimum atomic E-state index is 0.232. The Bertz CT molecular complexity index is 495. The highest BCUT2D eigenvalue weighted by atomic mass is 32.1. The standard InChI is InChI=1S/C17H24N2S/c1-17(2,3)19-11-5-4-6-14-7-9-15(10-8-14)16-18-12-13-20-16/h7-10,12-13,19H,4-6,11H2,1-3H3. The fourth-order valence-electron chi connectivity index (χ4n) is 2.10. The molecule has 0 aliphatic heterocycles. The quantitative estimate of drug-likeness (QED) is 0.790. The first-order chi connectivity index (χ1) is 9.54. The lowest BCUT2D eigenvalue weighted by Gasteiger charge is -2.20. The van der Waals surface area contributed by atoms with Gasteiger partial charge in [0, 0.05) is 22.7 Å². The molecule has 1 aromatic carbocycles. The van der Waals surface area contributed by atoms with E-state index in [4.69, 9.17) is 0 Å². The number of thiazole rings is 1. The van der Waals surface area contributed by atoms with E-state index < -0.39 is 0 Å². The second-order valence-corrected chi connectivity index (χ2v) is 7.06. The molecule has 1 N–H and O–H groups in total. The van der Waals surface area contributed by atoms with Crippen LogP contribution in [0.1, 0.15) is 39.2 Å². The van der Waals surface area contributed by atoms with Crippen molar-refractivity contribution in [3.63, 3.8) is 0 Å². The molecule has 0 saturated carbocycles. The zero-order valence-electron chi connectivity index (χ0n) is 12.6. The summed E-state index contributed by atoms with van der Waals surface area (Å²) in [5.74, 6) is 0. The predicted octanol–water partition coefficient (Wildman–Crippen LogP) is 4.52. The van der Waals surface area contributed by atoms with Crippen molar-refractivity contribution in [2.24, 2.45) is 0 Å². The summed E-state index contributed by atoms with van der Waals surface area (Å²) in [5, 5.41) is 6.65. The number of unbranched alkanes of at least 4 members (excludes halogenated alkanes) is 1. The van der Waals surface area contributed by atoms with Gasteiger partial charge in [0.1, 0.15) is 5.01 Å². The minimum absolute atomic E-state index is 0.232. The fraction of sp³-hybridized carbons (Fsp3) is 0.471. The zero-order valence-corrected chi connectivity index (χ0v) is 13.5. The summed E-state index contributed by atoms with van der Waals surface area (Å²) in [7, 11) is 0. The highest BCUT2D eigenvalue weighted by molar-refractivity contribution is 7.13. The maximum absolute atomic E-state index is 4.34. The molecule has 0 saturated heterocycles. The Morgan fingerprint density at radius 2 is 1.85 bits per heavy atom. The van der Waals surface area contributed by atoms with E-state index in [9.17, 15) is 0 Å². The van der Waals surface area contributed by atoms with Crippen LogP contribution in [0.4, 0.5) is 0 Å². The van der Waals surface area contributed by atoms with Crippen LogP contribution in [0.3, 0.4) is 0 Å². The molecule has 2 rings (SSSR count). The molecular weight excluding hydrogens is 264 g/mol. The summed E-state index contributed by atoms with van der Waals surface area (Å²) in [6, 6.07) is 8.82. The van der Waals surface area contributed by atoms with E-state index >= 15 is 0 Å². The van der Waals surface area contributed by atoms with Gasteiger partial charge >= 0.3 is 0 Å². The maximum atomic E-state index is 4.34. The number of aryl methyl sites for hydroxylation is 1. The highest BCUT2D eigenvalue weighted by Gasteiger charge is 2.07. The third kappa shape index (κ3) is 5.06. The van der Waals surface area contributed by atoms with Gasteiger partial charge in [0.05, 0.1) is 0 Å². The smallest absolute Gasteiger partial charge is 0.123 e. The van der Waals surface area contributed by atoms with Gasteiger partial charge in [-0.25, -0.2) is 4.98 Å². The topological polar surface area (TPSA) is 24.9 Å². The van der Waals surface area contributed by atoms with E-state index in [1.165, 1.54) is 24.0 Å². The summed E-state index contributed by atoms with van der Waals surface area (Å²) >= 11 is 1.69. The van der Waals surface area contributed by atoms with Crippen LogP contribution in [0.2, 0.25) is 0 Å². The van der Waals surface area contributed by atoms with Crippen LogP contribution in [-0.2, 0) is 6.42 Å². The van der Waals surface area contributed by atoms with Crippen molar-refractivity contribution >= 4 is 11.3 Å². The van der Waals surface area contributed by atoms with Crippen LogP contribution in [0.25, 0.3) is 10.6 Å². The van der Waals surface area contributed by atoms with E-state index in [1.54, 1.807) is 11.3 Å². The van der Waals surface area contributed by atoms with Crippen molar-refractivity contribution in [2.45, 2.75) is 45.6 Å². The van der Waals surface area contributed by atoms with Crippen molar-refractivity contribution in [1.29, 1.82) is 0 Å². The van der Waals surface area contributed by atoms with Gasteiger partial charge in [-0.1, -0.05) is 24.3 Å². The molecule has 0 atom stereocenters. The summed E-state index contributed by atoms with van der Waals surface area (Å²) in [5.41, 5.74) is 2.87. The van der Waals surface area contributed by atoms with E-state index in [-0.39, 0.29) is 5.54 Å². The van der Waals surface area contributed by atoms with Crippen LogP contribution in [0, 0.1) is 0 Å². The lowest BCUT2D eigenvalue weighted by Crippen LogP contribution is -2.36. The lowest BCUT2D eigenvalue weighted by molar-refractivity contribution is 0.419. The third-order valence-corrected chi connectivity index (χ3v) is 4.00. The first kappa shape index (κ1) is 15.2. The van der Waals surface area contributed by atoms with Gasteiger partial charge in [-0.05, 0) is 52.1 Å². The van der Waals surface area contributed by atoms with Gasteiger partial charge in [-0.15, -0.1) is 11.3 Å². The summed E-state index contributed by atoms with van der Waals surface area (Å²) in [6.07, 6.45) is 5.48. The maximum Gasteiger partial charge on any atom is 0.123 e. The van der Waals surface area contributed by atoms with Crippen molar-refractivity contribution in [3.05, 3.63) is 41.4 Å². The molecule has 20 heavy (non-hydrogen) atoms. The molecule has 3 heteroatoms. The molecule has 1 aromatic heterocycles. The van der Waals surface area contributed by atoms with Crippen LogP contribution < -0.4 is 5.32 Å². The van der Waals surface area contributed by atoms with E-state index in [2.05, 4.69) is 55.3 Å². The minimum Gasteiger partial charge on any atom is -0.312 e. The van der Waals surface area contributed by atoms with E-state index in [0.717, 1.165) is 18.0 Å². The Labute approximate surface area is 126 Å². The number of hydrogen-bond donors (Lipinski definition) is 1. The van der Waals surface area contributed by atoms with Crippen molar-refractivity contribution < 1.29 is 0 Å². The molecule has 1 heterocycles. The van der Waals surface area contributed by atoms with Gasteiger partial charge in [0.2, 0.25) is 0 Å². The third-order valence-electron chi connectivity index (χ3n) is 3.18. The SMILES string of the molecule is CC(C)(C)NCCCCc1ccc(-c2nccs2)cc1. The Hall–Kier alpha value is -1.19. The lowest BCUT2D eigenvalue weighted by atomic mass is 10.1. The fourth-order valence-corrected chi connectivity index (χ4v) is 2.74. The molecule has 2 aromatic rings. The molecule has 108 valence electrons. The Morgan fingerprint density at radius 3 is 2.45 bits per heavy atom. The largest absolute Gasteiger partial charge is 0.312 e. The zero-order chi connectivity index (χ0) is 14.4. The number of rotatable bonds is 6. The van der Waals surface area contributed by atoms with Crippen LogP contribution in [-0.4, -0.2) is 17.1 Å². The number of hydrogen-bond acceptors (Lipinski definition) is 3. The average Bonchev–Trinajstić information content (AvgIpc) is 2.92. The highest BCUT2D eigenvalue weighted by Crippen LogP contribution is 2.22. The van der Waals surface area contributed by atoms with Crippen molar-refractivity contribution in [1.82, 2.24) is 10.3 Å². The molecule has 0 aliphatic rings. The van der Waals surface area contributed by atoms with Gasteiger partial charge in [-0.3, -0.25) is 0 Å². The van der Waals surface area contributed by atoms with Gasteiger partial charge < -0.3 is 5.32 Å². The predicted molar refractivity (Wildman–Crippen MR) is 88.2 cm³/mol. The number of benzene rings is 1. The van der Waals surface area contributed by atoms with Crippen molar-refractivity contribution in [2.75, 3.05) is 6.54 Å². The number of nitrogens with zero attached hydrogens (tertiary/aromatic N) is 1. The molecule has 2 nitrogen and oxygen atoms in total. The van der Waals surface area contributed by atoms with Gasteiger partial charge in [0.25, 0.3) is 0 Å². The van der Waals surface area contributed by atoms with Crippen LogP contribution in [0.15, 0.2) is 35.8 Å². The molecule has 0 amide bonds. The molecular formula is C17H24N2S. The number of nitrogens with one attached hydrogen (secondary N) is 1. The van der Waals surface area contributed by atoms with Gasteiger partial charge in [-0.2, -0.15) is 0 Å². The Kier molecular flexibility index (Phi) is 5.32. The monoisotopic (exact) mass is 288 g/mol. The molecule has 0 fully saturated rings. The van der Waals surface area contributed by atoms with E-state index in [1.807, 2.05) is 11.6 Å². The van der Waals surface area contributed by atoms with Crippen molar-refractivity contribution in [3.8, 4) is 10.6 Å². The summed E-state index contributed by atoms with van der Waals surface area (Å²) < 4.78 is 0. The van der Waals surface area contributed by atoms with Gasteiger partial charge in [0.15, 0.2) is 0 Å². The molecule has 0 bridgehead atoms. The summed E-state index contributed by atoms with van der Waals surface area (Å²) in [4.78, 5) is 4.34. The number of aromatic nitrogens is 1. The van der Waals surface area contributed by atoms with Crippen LogP contribution >= 0.6 is 11.3 Å². The molecule has 0 aliphatic carbocycles. The normalized spacial score (nSPS) is 11.8. The first-order valence-corrected chi connectivity index (χ1v) is 8.16. The average molecular weight is 288 g/mol. The molecule has 0 radical (unpaired) electrons. The molecule has 0 spiro atoms. The second-order valence-electron chi connectivity index (χ2n) is 6.17. The Balaban J connectivity index is 1.74. The molecule has 0 unspecified atom stereocenters. The Morgan fingerprint density at radius 1 is 1.10 bits per heavy atom. The first-order valence-electron chi connectivity index (χ1n) is 7.28.